The Kier molecular flexibility index (Phi) is 4.32. The number of hydrogen-bond acceptors (Lipinski definition) is 3. The molecule has 1 aliphatic heterocycles. The molecule has 0 amide bonds. The Bertz CT molecular complexity index is 547. The molecule has 1 N–H and O–H groups in total. The smallest absolute Gasteiger partial charge is 0.141 e. The van der Waals surface area contributed by atoms with E-state index < -0.39 is 0 Å². The topological polar surface area (TPSA) is 50.8 Å². The van der Waals surface area contributed by atoms with Crippen LogP contribution in [0.4, 0.5) is 0 Å². The van der Waals surface area contributed by atoms with Gasteiger partial charge in [-0.15, -0.1) is 0 Å². The van der Waals surface area contributed by atoms with Crippen molar-refractivity contribution in [3.05, 3.63) is 21.8 Å². The van der Waals surface area contributed by atoms with Crippen LogP contribution in [0.3, 0.4) is 0 Å². The highest BCUT2D eigenvalue weighted by atomic mass is 127. The van der Waals surface area contributed by atoms with E-state index in [4.69, 9.17) is 4.74 Å². The highest BCUT2D eigenvalue weighted by Gasteiger charge is 2.15. The molecular formula is C14H18IN3O. The predicted octanol–water partition coefficient (Wildman–Crippen LogP) is 3.31. The van der Waals surface area contributed by atoms with Crippen LogP contribution in [0, 0.1) is 9.62 Å². The van der Waals surface area contributed by atoms with Gasteiger partial charge < -0.3 is 9.72 Å². The normalized spacial score (nSPS) is 21.2. The van der Waals surface area contributed by atoms with E-state index in [-0.39, 0.29) is 0 Å². The highest BCUT2D eigenvalue weighted by molar-refractivity contribution is 14.1. The fourth-order valence-electron chi connectivity index (χ4n) is 2.73. The van der Waals surface area contributed by atoms with Crippen LogP contribution in [0.2, 0.25) is 0 Å². The minimum Gasteiger partial charge on any atom is -0.381 e. The first-order chi connectivity index (χ1) is 9.33. The van der Waals surface area contributed by atoms with Gasteiger partial charge in [0.25, 0.3) is 0 Å². The van der Waals surface area contributed by atoms with E-state index in [0.29, 0.717) is 5.92 Å². The van der Waals surface area contributed by atoms with E-state index in [2.05, 4.69) is 43.6 Å². The van der Waals surface area contributed by atoms with Crippen molar-refractivity contribution >= 4 is 33.6 Å². The molecule has 0 spiro atoms. The molecule has 1 aliphatic rings. The highest BCUT2D eigenvalue weighted by Crippen LogP contribution is 2.24. The fraction of sp³-hybridized carbons (Fsp3) is 0.571. The number of aromatic nitrogens is 3. The molecule has 0 aliphatic carbocycles. The van der Waals surface area contributed by atoms with E-state index in [9.17, 15) is 0 Å². The van der Waals surface area contributed by atoms with Gasteiger partial charge in [-0.1, -0.05) is 6.42 Å². The average molecular weight is 371 g/mol. The molecule has 3 rings (SSSR count). The Hall–Kier alpha value is -0.690. The van der Waals surface area contributed by atoms with Crippen molar-refractivity contribution in [1.82, 2.24) is 15.0 Å². The average Bonchev–Trinajstić information content (AvgIpc) is 2.73. The van der Waals surface area contributed by atoms with Gasteiger partial charge in [-0.05, 0) is 60.3 Å². The summed E-state index contributed by atoms with van der Waals surface area (Å²) in [5.41, 5.74) is 2.13. The number of H-pyrrole nitrogens is 1. The molecule has 1 saturated heterocycles. The Morgan fingerprint density at radius 3 is 3.16 bits per heavy atom. The van der Waals surface area contributed by atoms with Crippen LogP contribution >= 0.6 is 22.6 Å². The Labute approximate surface area is 126 Å². The maximum absolute atomic E-state index is 5.59. The van der Waals surface area contributed by atoms with E-state index in [1.165, 1.54) is 30.3 Å². The zero-order chi connectivity index (χ0) is 13.1. The quantitative estimate of drug-likeness (QED) is 0.825. The standard InChI is InChI=1S/C14H18IN3O/c15-13-8-11-12(16-9-17-14(11)18-13)7-10-3-1-2-5-19-6-4-10/h8-10H,1-7H2,(H,16,17,18). The lowest BCUT2D eigenvalue weighted by molar-refractivity contribution is 0.1000. The second kappa shape index (κ2) is 6.17. The van der Waals surface area contributed by atoms with Crippen LogP contribution < -0.4 is 0 Å². The zero-order valence-electron chi connectivity index (χ0n) is 10.9. The Morgan fingerprint density at radius 1 is 1.26 bits per heavy atom. The van der Waals surface area contributed by atoms with Crippen molar-refractivity contribution in [2.45, 2.75) is 32.1 Å². The minimum atomic E-state index is 0.686. The summed E-state index contributed by atoms with van der Waals surface area (Å²) in [7, 11) is 0. The lowest BCUT2D eigenvalue weighted by atomic mass is 9.92. The van der Waals surface area contributed by atoms with Gasteiger partial charge in [0.1, 0.15) is 12.0 Å². The molecule has 1 unspecified atom stereocenters. The van der Waals surface area contributed by atoms with Crippen molar-refractivity contribution in [3.8, 4) is 0 Å². The molecule has 1 atom stereocenters. The molecule has 1 fully saturated rings. The number of ether oxygens (including phenoxy) is 1. The third kappa shape index (κ3) is 3.25. The van der Waals surface area contributed by atoms with Gasteiger partial charge >= 0.3 is 0 Å². The van der Waals surface area contributed by atoms with Crippen molar-refractivity contribution in [2.75, 3.05) is 13.2 Å². The minimum absolute atomic E-state index is 0.686. The Balaban J connectivity index is 1.79. The molecule has 5 heteroatoms. The van der Waals surface area contributed by atoms with E-state index in [1.54, 1.807) is 6.33 Å². The number of rotatable bonds is 2. The second-order valence-electron chi connectivity index (χ2n) is 5.17. The summed E-state index contributed by atoms with van der Waals surface area (Å²) in [5.74, 6) is 0.686. The van der Waals surface area contributed by atoms with Gasteiger partial charge in [0.05, 0.1) is 9.39 Å². The van der Waals surface area contributed by atoms with Gasteiger partial charge in [-0.2, -0.15) is 0 Å². The molecule has 2 aromatic rings. The summed E-state index contributed by atoms with van der Waals surface area (Å²) >= 11 is 2.29. The summed E-state index contributed by atoms with van der Waals surface area (Å²) in [6.07, 6.45) is 7.60. The van der Waals surface area contributed by atoms with Gasteiger partial charge in [0, 0.05) is 18.6 Å². The van der Waals surface area contributed by atoms with Crippen LogP contribution in [-0.2, 0) is 11.2 Å². The van der Waals surface area contributed by atoms with Crippen LogP contribution in [-0.4, -0.2) is 28.2 Å². The number of nitrogens with one attached hydrogen (secondary N) is 1. The third-order valence-electron chi connectivity index (χ3n) is 3.78. The zero-order valence-corrected chi connectivity index (χ0v) is 13.0. The SMILES string of the molecule is Ic1cc2c(CC3CCCCOCC3)ncnc2[nH]1. The summed E-state index contributed by atoms with van der Waals surface area (Å²) in [6.45, 7) is 1.82. The molecule has 3 heterocycles. The monoisotopic (exact) mass is 371 g/mol. The maximum atomic E-state index is 5.59. The summed E-state index contributed by atoms with van der Waals surface area (Å²) in [6, 6.07) is 2.14. The van der Waals surface area contributed by atoms with Crippen molar-refractivity contribution in [3.63, 3.8) is 0 Å². The molecule has 0 radical (unpaired) electrons. The van der Waals surface area contributed by atoms with E-state index in [1.807, 2.05) is 0 Å². The second-order valence-corrected chi connectivity index (χ2v) is 6.33. The molecular weight excluding hydrogens is 353 g/mol. The number of nitrogens with zero attached hydrogens (tertiary/aromatic N) is 2. The summed E-state index contributed by atoms with van der Waals surface area (Å²) < 4.78 is 6.71. The van der Waals surface area contributed by atoms with Crippen molar-refractivity contribution < 1.29 is 4.74 Å². The maximum Gasteiger partial charge on any atom is 0.141 e. The van der Waals surface area contributed by atoms with Gasteiger partial charge in [0.15, 0.2) is 0 Å². The molecule has 0 saturated carbocycles. The van der Waals surface area contributed by atoms with Crippen LogP contribution in [0.5, 0.6) is 0 Å². The number of halogens is 1. The molecule has 19 heavy (non-hydrogen) atoms. The van der Waals surface area contributed by atoms with Gasteiger partial charge in [0.2, 0.25) is 0 Å². The fourth-order valence-corrected chi connectivity index (χ4v) is 3.30. The predicted molar refractivity (Wildman–Crippen MR) is 83.1 cm³/mol. The van der Waals surface area contributed by atoms with Crippen LogP contribution in [0.15, 0.2) is 12.4 Å². The first-order valence-corrected chi connectivity index (χ1v) is 7.96. The molecule has 0 bridgehead atoms. The van der Waals surface area contributed by atoms with Crippen molar-refractivity contribution in [1.29, 1.82) is 0 Å². The number of fused-ring (bicyclic) bond motifs is 1. The van der Waals surface area contributed by atoms with Gasteiger partial charge in [-0.3, -0.25) is 0 Å². The summed E-state index contributed by atoms with van der Waals surface area (Å²) in [4.78, 5) is 12.1. The number of aromatic amines is 1. The van der Waals surface area contributed by atoms with Crippen LogP contribution in [0.25, 0.3) is 11.0 Å². The Morgan fingerprint density at radius 2 is 2.21 bits per heavy atom. The van der Waals surface area contributed by atoms with Crippen LogP contribution in [0.1, 0.15) is 31.4 Å². The largest absolute Gasteiger partial charge is 0.381 e. The lowest BCUT2D eigenvalue weighted by Crippen LogP contribution is -2.13. The van der Waals surface area contributed by atoms with Gasteiger partial charge in [-0.25, -0.2) is 9.97 Å². The lowest BCUT2D eigenvalue weighted by Gasteiger charge is -2.19. The van der Waals surface area contributed by atoms with Crippen molar-refractivity contribution in [2.24, 2.45) is 5.92 Å². The molecule has 4 nitrogen and oxygen atoms in total. The summed E-state index contributed by atoms with van der Waals surface area (Å²) in [5, 5.41) is 1.18. The molecule has 102 valence electrons. The first-order valence-electron chi connectivity index (χ1n) is 6.89. The first kappa shape index (κ1) is 13.3. The molecule has 2 aromatic heterocycles. The molecule has 0 aromatic carbocycles. The van der Waals surface area contributed by atoms with E-state index >= 15 is 0 Å². The van der Waals surface area contributed by atoms with E-state index in [0.717, 1.165) is 35.4 Å². The third-order valence-corrected chi connectivity index (χ3v) is 4.36. The number of hydrogen-bond donors (Lipinski definition) is 1.